The third-order valence-corrected chi connectivity index (χ3v) is 3.64. The highest BCUT2D eigenvalue weighted by molar-refractivity contribution is 9.10. The Hall–Kier alpha value is -0.580. The molecule has 0 amide bonds. The van der Waals surface area contributed by atoms with Crippen molar-refractivity contribution in [1.82, 2.24) is 4.90 Å². The van der Waals surface area contributed by atoms with Crippen molar-refractivity contribution in [3.8, 4) is 5.75 Å². The van der Waals surface area contributed by atoms with E-state index in [1.165, 1.54) is 5.56 Å². The van der Waals surface area contributed by atoms with Crippen LogP contribution in [0, 0.1) is 0 Å². The SMILES string of the molecule is COc1ccc(Br)cc1CCN(C)CCC(C)(C)N. The van der Waals surface area contributed by atoms with Crippen molar-refractivity contribution in [2.75, 3.05) is 27.2 Å². The van der Waals surface area contributed by atoms with Gasteiger partial charge in [-0.05, 0) is 64.0 Å². The van der Waals surface area contributed by atoms with Crippen molar-refractivity contribution in [2.45, 2.75) is 32.2 Å². The Kier molecular flexibility index (Phi) is 6.30. The molecule has 0 unspecified atom stereocenters. The zero-order valence-corrected chi connectivity index (χ0v) is 14.0. The first-order valence-electron chi connectivity index (χ1n) is 6.61. The predicted molar refractivity (Wildman–Crippen MR) is 84.8 cm³/mol. The molecule has 0 aromatic heterocycles. The third-order valence-electron chi connectivity index (χ3n) is 3.14. The fraction of sp³-hybridized carbons (Fsp3) is 0.600. The molecule has 0 radical (unpaired) electrons. The lowest BCUT2D eigenvalue weighted by Gasteiger charge is -2.23. The van der Waals surface area contributed by atoms with E-state index >= 15 is 0 Å². The number of hydrogen-bond acceptors (Lipinski definition) is 3. The summed E-state index contributed by atoms with van der Waals surface area (Å²) in [4.78, 5) is 2.31. The lowest BCUT2D eigenvalue weighted by atomic mass is 10.0. The topological polar surface area (TPSA) is 38.5 Å². The molecule has 1 aromatic carbocycles. The second-order valence-corrected chi connectivity index (χ2v) is 6.66. The van der Waals surface area contributed by atoms with E-state index < -0.39 is 0 Å². The molecule has 0 aliphatic rings. The summed E-state index contributed by atoms with van der Waals surface area (Å²) in [6, 6.07) is 6.13. The maximum atomic E-state index is 6.00. The Morgan fingerprint density at radius 1 is 1.32 bits per heavy atom. The molecule has 2 N–H and O–H groups in total. The van der Waals surface area contributed by atoms with Crippen LogP contribution in [0.5, 0.6) is 5.75 Å². The van der Waals surface area contributed by atoms with Crippen LogP contribution in [0.4, 0.5) is 0 Å². The summed E-state index contributed by atoms with van der Waals surface area (Å²) in [5, 5.41) is 0. The molecule has 0 aliphatic heterocycles. The molecule has 1 rings (SSSR count). The number of methoxy groups -OCH3 is 1. The van der Waals surface area contributed by atoms with Crippen LogP contribution in [-0.2, 0) is 6.42 Å². The second kappa shape index (κ2) is 7.27. The second-order valence-electron chi connectivity index (χ2n) is 5.75. The van der Waals surface area contributed by atoms with E-state index in [1.807, 2.05) is 12.1 Å². The molecule has 0 saturated heterocycles. The minimum Gasteiger partial charge on any atom is -0.496 e. The minimum absolute atomic E-state index is 0.0955. The van der Waals surface area contributed by atoms with E-state index in [9.17, 15) is 0 Å². The largest absolute Gasteiger partial charge is 0.496 e. The molecule has 0 fully saturated rings. The van der Waals surface area contributed by atoms with Crippen LogP contribution in [0.3, 0.4) is 0 Å². The van der Waals surface area contributed by atoms with E-state index in [-0.39, 0.29) is 5.54 Å². The number of likely N-dealkylation sites (N-methyl/N-ethyl adjacent to an activating group) is 1. The summed E-state index contributed by atoms with van der Waals surface area (Å²) < 4.78 is 6.48. The van der Waals surface area contributed by atoms with Crippen LogP contribution in [-0.4, -0.2) is 37.7 Å². The maximum Gasteiger partial charge on any atom is 0.122 e. The molecule has 0 saturated carbocycles. The number of nitrogens with two attached hydrogens (primary N) is 1. The number of nitrogens with zero attached hydrogens (tertiary/aromatic N) is 1. The van der Waals surface area contributed by atoms with E-state index in [0.717, 1.165) is 36.2 Å². The highest BCUT2D eigenvalue weighted by atomic mass is 79.9. The lowest BCUT2D eigenvalue weighted by molar-refractivity contribution is 0.297. The Morgan fingerprint density at radius 2 is 2.00 bits per heavy atom. The van der Waals surface area contributed by atoms with Crippen LogP contribution < -0.4 is 10.5 Å². The van der Waals surface area contributed by atoms with Gasteiger partial charge in [0.1, 0.15) is 5.75 Å². The van der Waals surface area contributed by atoms with Crippen molar-refractivity contribution in [3.63, 3.8) is 0 Å². The molecular weight excluding hydrogens is 304 g/mol. The van der Waals surface area contributed by atoms with E-state index in [4.69, 9.17) is 10.5 Å². The summed E-state index contributed by atoms with van der Waals surface area (Å²) in [5.41, 5.74) is 7.14. The summed E-state index contributed by atoms with van der Waals surface area (Å²) >= 11 is 3.50. The minimum atomic E-state index is -0.0955. The Bertz CT molecular complexity index is 402. The molecule has 0 aliphatic carbocycles. The fourth-order valence-electron chi connectivity index (χ4n) is 1.84. The van der Waals surface area contributed by atoms with Gasteiger partial charge in [0.05, 0.1) is 7.11 Å². The average molecular weight is 329 g/mol. The van der Waals surface area contributed by atoms with Gasteiger partial charge in [-0.25, -0.2) is 0 Å². The van der Waals surface area contributed by atoms with E-state index in [1.54, 1.807) is 7.11 Å². The Morgan fingerprint density at radius 3 is 2.58 bits per heavy atom. The summed E-state index contributed by atoms with van der Waals surface area (Å²) in [5.74, 6) is 0.954. The molecule has 0 atom stereocenters. The van der Waals surface area contributed by atoms with Crippen molar-refractivity contribution >= 4 is 15.9 Å². The van der Waals surface area contributed by atoms with Gasteiger partial charge in [-0.2, -0.15) is 0 Å². The van der Waals surface area contributed by atoms with Gasteiger partial charge >= 0.3 is 0 Å². The summed E-state index contributed by atoms with van der Waals surface area (Å²) in [6.07, 6.45) is 1.98. The summed E-state index contributed by atoms with van der Waals surface area (Å²) in [7, 11) is 3.85. The molecule has 19 heavy (non-hydrogen) atoms. The monoisotopic (exact) mass is 328 g/mol. The smallest absolute Gasteiger partial charge is 0.122 e. The van der Waals surface area contributed by atoms with Gasteiger partial charge in [-0.3, -0.25) is 0 Å². The van der Waals surface area contributed by atoms with E-state index in [2.05, 4.69) is 47.8 Å². The predicted octanol–water partition coefficient (Wildman–Crippen LogP) is 3.06. The lowest BCUT2D eigenvalue weighted by Crippen LogP contribution is -2.36. The molecule has 4 heteroatoms. The first kappa shape index (κ1) is 16.5. The van der Waals surface area contributed by atoms with Gasteiger partial charge in [-0.1, -0.05) is 15.9 Å². The molecule has 0 bridgehead atoms. The fourth-order valence-corrected chi connectivity index (χ4v) is 2.25. The molecule has 3 nitrogen and oxygen atoms in total. The highest BCUT2D eigenvalue weighted by Gasteiger charge is 2.12. The number of benzene rings is 1. The molecular formula is C15H25BrN2O. The van der Waals surface area contributed by atoms with Gasteiger partial charge in [0.2, 0.25) is 0 Å². The first-order chi connectivity index (χ1) is 8.81. The normalized spacial score (nSPS) is 11.9. The van der Waals surface area contributed by atoms with Crippen molar-refractivity contribution in [1.29, 1.82) is 0 Å². The molecule has 0 spiro atoms. The zero-order chi connectivity index (χ0) is 14.5. The first-order valence-corrected chi connectivity index (χ1v) is 7.41. The molecule has 1 aromatic rings. The number of ether oxygens (including phenoxy) is 1. The number of halogens is 1. The maximum absolute atomic E-state index is 6.00. The van der Waals surface area contributed by atoms with Crippen LogP contribution >= 0.6 is 15.9 Å². The summed E-state index contributed by atoms with van der Waals surface area (Å²) in [6.45, 7) is 6.15. The van der Waals surface area contributed by atoms with Gasteiger partial charge in [0, 0.05) is 16.6 Å². The van der Waals surface area contributed by atoms with Gasteiger partial charge < -0.3 is 15.4 Å². The van der Waals surface area contributed by atoms with Crippen LogP contribution in [0.2, 0.25) is 0 Å². The third kappa shape index (κ3) is 6.41. The molecule has 108 valence electrons. The van der Waals surface area contributed by atoms with Crippen LogP contribution in [0.1, 0.15) is 25.8 Å². The number of rotatable bonds is 7. The van der Waals surface area contributed by atoms with Crippen LogP contribution in [0.15, 0.2) is 22.7 Å². The molecule has 0 heterocycles. The zero-order valence-electron chi connectivity index (χ0n) is 12.4. The standard InChI is InChI=1S/C15H25BrN2O/c1-15(2,17)8-10-18(3)9-7-12-11-13(16)5-6-14(12)19-4/h5-6,11H,7-10,17H2,1-4H3. The van der Waals surface area contributed by atoms with Crippen LogP contribution in [0.25, 0.3) is 0 Å². The average Bonchev–Trinajstić information content (AvgIpc) is 2.33. The quantitative estimate of drug-likeness (QED) is 0.836. The van der Waals surface area contributed by atoms with Gasteiger partial charge in [0.25, 0.3) is 0 Å². The Labute approximate surface area is 125 Å². The van der Waals surface area contributed by atoms with Crippen molar-refractivity contribution < 1.29 is 4.74 Å². The van der Waals surface area contributed by atoms with E-state index in [0.29, 0.717) is 0 Å². The number of hydrogen-bond donors (Lipinski definition) is 1. The van der Waals surface area contributed by atoms with Gasteiger partial charge in [-0.15, -0.1) is 0 Å². The highest BCUT2D eigenvalue weighted by Crippen LogP contribution is 2.23. The Balaban J connectivity index is 2.50. The van der Waals surface area contributed by atoms with Crippen molar-refractivity contribution in [3.05, 3.63) is 28.2 Å². The van der Waals surface area contributed by atoms with Gasteiger partial charge in [0.15, 0.2) is 0 Å². The van der Waals surface area contributed by atoms with Crippen molar-refractivity contribution in [2.24, 2.45) is 5.73 Å².